The highest BCUT2D eigenvalue weighted by molar-refractivity contribution is 5.82. The first-order valence-electron chi connectivity index (χ1n) is 6.77. The SMILES string of the molecule is Cc1cc(CCO)c2oc(-c3ccncc3)cc(=O)c2c1. The highest BCUT2D eigenvalue weighted by Crippen LogP contribution is 2.25. The minimum Gasteiger partial charge on any atom is -0.456 e. The summed E-state index contributed by atoms with van der Waals surface area (Å²) in [7, 11) is 0. The van der Waals surface area contributed by atoms with Crippen molar-refractivity contribution in [3.8, 4) is 11.3 Å². The lowest BCUT2D eigenvalue weighted by molar-refractivity contribution is 0.299. The van der Waals surface area contributed by atoms with Crippen LogP contribution in [0.25, 0.3) is 22.3 Å². The third-order valence-electron chi connectivity index (χ3n) is 3.40. The molecule has 1 aromatic carbocycles. The number of aromatic nitrogens is 1. The maximum absolute atomic E-state index is 12.3. The van der Waals surface area contributed by atoms with Gasteiger partial charge < -0.3 is 9.52 Å². The van der Waals surface area contributed by atoms with Crippen LogP contribution in [0.4, 0.5) is 0 Å². The molecule has 0 saturated heterocycles. The van der Waals surface area contributed by atoms with Crippen LogP contribution in [0.3, 0.4) is 0 Å². The predicted octanol–water partition coefficient (Wildman–Crippen LogP) is 2.70. The number of fused-ring (bicyclic) bond motifs is 1. The zero-order valence-corrected chi connectivity index (χ0v) is 11.7. The zero-order valence-electron chi connectivity index (χ0n) is 11.7. The van der Waals surface area contributed by atoms with Crippen molar-refractivity contribution in [3.05, 3.63) is 64.1 Å². The molecule has 0 aliphatic rings. The molecule has 0 saturated carbocycles. The lowest BCUT2D eigenvalue weighted by Crippen LogP contribution is -2.04. The maximum atomic E-state index is 12.3. The van der Waals surface area contributed by atoms with Crippen molar-refractivity contribution >= 4 is 11.0 Å². The fourth-order valence-corrected chi connectivity index (χ4v) is 2.45. The van der Waals surface area contributed by atoms with Gasteiger partial charge in [0.1, 0.15) is 11.3 Å². The average molecular weight is 281 g/mol. The Balaban J connectivity index is 2.30. The highest BCUT2D eigenvalue weighted by atomic mass is 16.3. The van der Waals surface area contributed by atoms with E-state index < -0.39 is 0 Å². The Morgan fingerprint density at radius 3 is 2.67 bits per heavy atom. The summed E-state index contributed by atoms with van der Waals surface area (Å²) >= 11 is 0. The molecule has 0 atom stereocenters. The van der Waals surface area contributed by atoms with E-state index in [4.69, 9.17) is 4.42 Å². The van der Waals surface area contributed by atoms with Gasteiger partial charge in [-0.3, -0.25) is 9.78 Å². The summed E-state index contributed by atoms with van der Waals surface area (Å²) in [5, 5.41) is 9.75. The number of aryl methyl sites for hydroxylation is 1. The Morgan fingerprint density at radius 1 is 1.19 bits per heavy atom. The third kappa shape index (κ3) is 2.58. The summed E-state index contributed by atoms with van der Waals surface area (Å²) in [5.74, 6) is 0.512. The third-order valence-corrected chi connectivity index (χ3v) is 3.40. The first kappa shape index (κ1) is 13.5. The quantitative estimate of drug-likeness (QED) is 0.801. The van der Waals surface area contributed by atoms with Crippen molar-refractivity contribution in [2.45, 2.75) is 13.3 Å². The molecule has 0 spiro atoms. The van der Waals surface area contributed by atoms with E-state index in [1.54, 1.807) is 24.5 Å². The van der Waals surface area contributed by atoms with Crippen molar-refractivity contribution < 1.29 is 9.52 Å². The van der Waals surface area contributed by atoms with E-state index in [0.717, 1.165) is 16.7 Å². The number of pyridine rings is 1. The maximum Gasteiger partial charge on any atom is 0.193 e. The molecule has 0 unspecified atom stereocenters. The lowest BCUT2D eigenvalue weighted by atomic mass is 10.0. The molecule has 2 heterocycles. The predicted molar refractivity (Wildman–Crippen MR) is 81.2 cm³/mol. The second kappa shape index (κ2) is 5.50. The van der Waals surface area contributed by atoms with Gasteiger partial charge in [0, 0.05) is 30.6 Å². The van der Waals surface area contributed by atoms with Gasteiger partial charge in [0.25, 0.3) is 0 Å². The van der Waals surface area contributed by atoms with Gasteiger partial charge in [-0.2, -0.15) is 0 Å². The molecule has 0 bridgehead atoms. The van der Waals surface area contributed by atoms with E-state index in [0.29, 0.717) is 23.2 Å². The van der Waals surface area contributed by atoms with Crippen molar-refractivity contribution in [3.63, 3.8) is 0 Å². The first-order chi connectivity index (χ1) is 10.2. The highest BCUT2D eigenvalue weighted by Gasteiger charge is 2.11. The molecule has 0 fully saturated rings. The molecular formula is C17H15NO3. The summed E-state index contributed by atoms with van der Waals surface area (Å²) in [6.45, 7) is 1.94. The minimum atomic E-state index is -0.0778. The van der Waals surface area contributed by atoms with E-state index in [1.165, 1.54) is 6.07 Å². The zero-order chi connectivity index (χ0) is 14.8. The molecule has 106 valence electrons. The van der Waals surface area contributed by atoms with Crippen LogP contribution in [0.5, 0.6) is 0 Å². The van der Waals surface area contributed by atoms with Gasteiger partial charge in [0.05, 0.1) is 5.39 Å². The van der Waals surface area contributed by atoms with E-state index in [-0.39, 0.29) is 12.0 Å². The van der Waals surface area contributed by atoms with Crippen LogP contribution in [0, 0.1) is 6.92 Å². The van der Waals surface area contributed by atoms with Crippen molar-refractivity contribution in [2.24, 2.45) is 0 Å². The molecular weight excluding hydrogens is 266 g/mol. The largest absolute Gasteiger partial charge is 0.456 e. The van der Waals surface area contributed by atoms with Crippen LogP contribution in [-0.4, -0.2) is 16.7 Å². The molecule has 0 aliphatic carbocycles. The van der Waals surface area contributed by atoms with Crippen LogP contribution in [-0.2, 0) is 6.42 Å². The number of aliphatic hydroxyl groups excluding tert-OH is 1. The molecule has 3 rings (SSSR count). The summed E-state index contributed by atoms with van der Waals surface area (Å²) in [5.41, 5.74) is 3.11. The Labute approximate surface area is 121 Å². The minimum absolute atomic E-state index is 0.0156. The Kier molecular flexibility index (Phi) is 3.54. The molecule has 0 amide bonds. The fraction of sp³-hybridized carbons (Fsp3) is 0.176. The standard InChI is InChI=1S/C17H15NO3/c1-11-8-13(4-7-19)17-14(9-11)15(20)10-16(21-17)12-2-5-18-6-3-12/h2-3,5-6,8-10,19H,4,7H2,1H3. The smallest absolute Gasteiger partial charge is 0.193 e. The van der Waals surface area contributed by atoms with E-state index >= 15 is 0 Å². The molecule has 21 heavy (non-hydrogen) atoms. The van der Waals surface area contributed by atoms with Crippen LogP contribution < -0.4 is 5.43 Å². The number of rotatable bonds is 3. The Morgan fingerprint density at radius 2 is 1.95 bits per heavy atom. The van der Waals surface area contributed by atoms with Gasteiger partial charge in [0.2, 0.25) is 0 Å². The summed E-state index contributed by atoms with van der Waals surface area (Å²) in [6, 6.07) is 8.85. The molecule has 0 aliphatic heterocycles. The van der Waals surface area contributed by atoms with Crippen LogP contribution in [0.2, 0.25) is 0 Å². The Bertz CT molecular complexity index is 838. The lowest BCUT2D eigenvalue weighted by Gasteiger charge is -2.08. The van der Waals surface area contributed by atoms with E-state index in [9.17, 15) is 9.90 Å². The molecule has 1 N–H and O–H groups in total. The second-order valence-electron chi connectivity index (χ2n) is 4.99. The molecule has 3 aromatic rings. The number of hydrogen-bond donors (Lipinski definition) is 1. The van der Waals surface area contributed by atoms with Gasteiger partial charge in [0.15, 0.2) is 5.43 Å². The number of hydrogen-bond acceptors (Lipinski definition) is 4. The summed E-state index contributed by atoms with van der Waals surface area (Å²) in [6.07, 6.45) is 3.77. The van der Waals surface area contributed by atoms with Gasteiger partial charge in [-0.25, -0.2) is 0 Å². The van der Waals surface area contributed by atoms with Gasteiger partial charge in [-0.1, -0.05) is 6.07 Å². The molecule has 4 heteroatoms. The monoisotopic (exact) mass is 281 g/mol. The summed E-state index contributed by atoms with van der Waals surface area (Å²) < 4.78 is 5.93. The van der Waals surface area contributed by atoms with Crippen LogP contribution >= 0.6 is 0 Å². The van der Waals surface area contributed by atoms with E-state index in [2.05, 4.69) is 4.98 Å². The first-order valence-corrected chi connectivity index (χ1v) is 6.77. The van der Waals surface area contributed by atoms with Crippen LogP contribution in [0.15, 0.2) is 51.9 Å². The van der Waals surface area contributed by atoms with Gasteiger partial charge in [-0.05, 0) is 42.7 Å². The molecule has 0 radical (unpaired) electrons. The van der Waals surface area contributed by atoms with Crippen molar-refractivity contribution in [2.75, 3.05) is 6.61 Å². The Hall–Kier alpha value is -2.46. The van der Waals surface area contributed by atoms with E-state index in [1.807, 2.05) is 19.1 Å². The summed E-state index contributed by atoms with van der Waals surface area (Å²) in [4.78, 5) is 16.3. The number of benzene rings is 1. The van der Waals surface area contributed by atoms with Gasteiger partial charge in [-0.15, -0.1) is 0 Å². The number of aliphatic hydroxyl groups is 1. The van der Waals surface area contributed by atoms with Gasteiger partial charge >= 0.3 is 0 Å². The fourth-order valence-electron chi connectivity index (χ4n) is 2.45. The topological polar surface area (TPSA) is 63.3 Å². The van der Waals surface area contributed by atoms with Crippen molar-refractivity contribution in [1.82, 2.24) is 4.98 Å². The second-order valence-corrected chi connectivity index (χ2v) is 4.99. The molecule has 2 aromatic heterocycles. The van der Waals surface area contributed by atoms with Crippen LogP contribution in [0.1, 0.15) is 11.1 Å². The van der Waals surface area contributed by atoms with Crippen molar-refractivity contribution in [1.29, 1.82) is 0 Å². The molecule has 4 nitrogen and oxygen atoms in total. The normalized spacial score (nSPS) is 11.0. The average Bonchev–Trinajstić information content (AvgIpc) is 2.49. The number of nitrogens with zero attached hydrogens (tertiary/aromatic N) is 1.